The van der Waals surface area contributed by atoms with E-state index in [0.717, 1.165) is 16.2 Å². The highest BCUT2D eigenvalue weighted by Gasteiger charge is 2.21. The molecule has 0 unspecified atom stereocenters. The molecule has 2 heterocycles. The molecule has 1 aromatic carbocycles. The summed E-state index contributed by atoms with van der Waals surface area (Å²) in [5.41, 5.74) is 1.46. The summed E-state index contributed by atoms with van der Waals surface area (Å²) in [5, 5.41) is 4.73. The van der Waals surface area contributed by atoms with E-state index in [1.807, 2.05) is 60.8 Å². The number of amides is 1. The highest BCUT2D eigenvalue weighted by Crippen LogP contribution is 2.35. The lowest BCUT2D eigenvalue weighted by molar-refractivity contribution is -0.684. The minimum absolute atomic E-state index is 0.0210. The van der Waals surface area contributed by atoms with Crippen LogP contribution in [0.15, 0.2) is 59.2 Å². The van der Waals surface area contributed by atoms with Crippen molar-refractivity contribution in [3.8, 4) is 10.4 Å². The summed E-state index contributed by atoms with van der Waals surface area (Å²) in [5.74, 6) is 0.182. The third-order valence-electron chi connectivity index (χ3n) is 4.17. The Morgan fingerprint density at radius 3 is 2.68 bits per heavy atom. The number of ether oxygens (including phenoxy) is 1. The molecule has 3 aromatic rings. The molecule has 0 aliphatic heterocycles. The molecule has 1 amide bonds. The van der Waals surface area contributed by atoms with Crippen molar-refractivity contribution in [1.29, 1.82) is 0 Å². The summed E-state index contributed by atoms with van der Waals surface area (Å²) in [7, 11) is 0. The van der Waals surface area contributed by atoms with Gasteiger partial charge in [0, 0.05) is 4.88 Å². The van der Waals surface area contributed by atoms with Crippen LogP contribution in [0.4, 0.5) is 5.69 Å². The normalized spacial score (nSPS) is 11.8. The predicted octanol–water partition coefficient (Wildman–Crippen LogP) is 3.45. The average Bonchev–Trinajstić information content (AvgIpc) is 3.37. The number of esters is 1. The Labute approximate surface area is 167 Å². The number of carbonyl (C=O) groups is 2. The number of furan rings is 1. The molecule has 2 aromatic heterocycles. The van der Waals surface area contributed by atoms with Gasteiger partial charge >= 0.3 is 5.97 Å². The van der Waals surface area contributed by atoms with Gasteiger partial charge in [-0.1, -0.05) is 30.3 Å². The van der Waals surface area contributed by atoms with Gasteiger partial charge in [-0.25, -0.2) is 4.79 Å². The Bertz CT molecular complexity index is 919. The van der Waals surface area contributed by atoms with Gasteiger partial charge in [0.25, 0.3) is 5.91 Å². The van der Waals surface area contributed by atoms with Gasteiger partial charge in [0.05, 0.1) is 18.6 Å². The van der Waals surface area contributed by atoms with E-state index in [0.29, 0.717) is 10.6 Å². The summed E-state index contributed by atoms with van der Waals surface area (Å²) in [6.45, 7) is 4.21. The smallest absolute Gasteiger partial charge is 0.350 e. The second kappa shape index (κ2) is 9.34. The third kappa shape index (κ3) is 4.88. The first-order chi connectivity index (χ1) is 13.6. The molecule has 1 atom stereocenters. The topological polar surface area (TPSA) is 85.1 Å². The van der Waals surface area contributed by atoms with E-state index in [1.54, 1.807) is 13.2 Å². The number of anilines is 1. The number of thiophene rings is 1. The maximum absolute atomic E-state index is 12.4. The highest BCUT2D eigenvalue weighted by molar-refractivity contribution is 7.18. The van der Waals surface area contributed by atoms with E-state index in [-0.39, 0.29) is 25.1 Å². The van der Waals surface area contributed by atoms with Gasteiger partial charge < -0.3 is 19.8 Å². The quantitative estimate of drug-likeness (QED) is 0.568. The first-order valence-electron chi connectivity index (χ1n) is 9.11. The van der Waals surface area contributed by atoms with E-state index in [9.17, 15) is 9.59 Å². The van der Waals surface area contributed by atoms with Crippen molar-refractivity contribution >= 4 is 28.9 Å². The van der Waals surface area contributed by atoms with E-state index in [1.165, 1.54) is 11.3 Å². The van der Waals surface area contributed by atoms with Crippen LogP contribution in [-0.2, 0) is 9.53 Å². The van der Waals surface area contributed by atoms with Crippen molar-refractivity contribution in [1.82, 2.24) is 0 Å². The van der Waals surface area contributed by atoms with Crippen LogP contribution < -0.4 is 10.6 Å². The molecule has 3 N–H and O–H groups in total. The van der Waals surface area contributed by atoms with Crippen molar-refractivity contribution in [2.75, 3.05) is 18.5 Å². The van der Waals surface area contributed by atoms with Gasteiger partial charge in [-0.3, -0.25) is 4.79 Å². The fourth-order valence-corrected chi connectivity index (χ4v) is 3.74. The zero-order chi connectivity index (χ0) is 19.9. The number of rotatable bonds is 8. The summed E-state index contributed by atoms with van der Waals surface area (Å²) >= 11 is 1.31. The number of carbonyl (C=O) groups excluding carboxylic acids is 2. The summed E-state index contributed by atoms with van der Waals surface area (Å²) in [6.07, 6.45) is 1.61. The van der Waals surface area contributed by atoms with E-state index >= 15 is 0 Å². The van der Waals surface area contributed by atoms with Crippen molar-refractivity contribution in [2.24, 2.45) is 0 Å². The van der Waals surface area contributed by atoms with Crippen molar-refractivity contribution < 1.29 is 24.1 Å². The SMILES string of the molecule is CCOC(=O)c1sc(-c2ccccc2)cc1NC(=O)C[NH2+][C@H](C)c1ccco1. The van der Waals surface area contributed by atoms with E-state index in [4.69, 9.17) is 9.15 Å². The molecule has 0 saturated heterocycles. The first kappa shape index (κ1) is 19.9. The minimum atomic E-state index is -0.432. The van der Waals surface area contributed by atoms with Crippen LogP contribution in [-0.4, -0.2) is 25.0 Å². The molecular formula is C21H23N2O4S+. The molecule has 0 spiro atoms. The van der Waals surface area contributed by atoms with Gasteiger partial charge in [0.2, 0.25) is 0 Å². The summed E-state index contributed by atoms with van der Waals surface area (Å²) in [6, 6.07) is 15.3. The van der Waals surface area contributed by atoms with E-state index in [2.05, 4.69) is 5.32 Å². The van der Waals surface area contributed by atoms with Gasteiger partial charge in [0.1, 0.15) is 10.9 Å². The maximum Gasteiger partial charge on any atom is 0.350 e. The Hall–Kier alpha value is -2.90. The molecule has 7 heteroatoms. The largest absolute Gasteiger partial charge is 0.463 e. The fraction of sp³-hybridized carbons (Fsp3) is 0.238. The Morgan fingerprint density at radius 1 is 1.21 bits per heavy atom. The lowest BCUT2D eigenvalue weighted by Gasteiger charge is -2.09. The third-order valence-corrected chi connectivity index (χ3v) is 5.34. The van der Waals surface area contributed by atoms with Crippen LogP contribution in [0.2, 0.25) is 0 Å². The molecular weight excluding hydrogens is 376 g/mol. The van der Waals surface area contributed by atoms with Crippen molar-refractivity contribution in [3.63, 3.8) is 0 Å². The average molecular weight is 399 g/mol. The van der Waals surface area contributed by atoms with Gasteiger partial charge in [-0.15, -0.1) is 11.3 Å². The van der Waals surface area contributed by atoms with Crippen LogP contribution in [0.25, 0.3) is 10.4 Å². The van der Waals surface area contributed by atoms with Crippen LogP contribution in [0.1, 0.15) is 35.3 Å². The Morgan fingerprint density at radius 2 is 2.00 bits per heavy atom. The van der Waals surface area contributed by atoms with Crippen LogP contribution >= 0.6 is 11.3 Å². The Balaban J connectivity index is 1.73. The zero-order valence-corrected chi connectivity index (χ0v) is 16.6. The van der Waals surface area contributed by atoms with Crippen molar-refractivity contribution in [3.05, 3.63) is 65.4 Å². The second-order valence-electron chi connectivity index (χ2n) is 6.23. The number of benzene rings is 1. The standard InChI is InChI=1S/C21H22N2O4S/c1-3-26-21(25)20-16(12-18(28-20)15-8-5-4-6-9-15)23-19(24)13-22-14(2)17-10-7-11-27-17/h4-12,14,22H,3,13H2,1-2H3,(H,23,24)/p+1/t14-/m1/s1. The Kier molecular flexibility index (Phi) is 6.62. The number of nitrogens with two attached hydrogens (primary N) is 1. The van der Waals surface area contributed by atoms with Gasteiger partial charge in [-0.2, -0.15) is 0 Å². The number of hydrogen-bond acceptors (Lipinski definition) is 5. The van der Waals surface area contributed by atoms with E-state index < -0.39 is 5.97 Å². The zero-order valence-electron chi connectivity index (χ0n) is 15.8. The van der Waals surface area contributed by atoms with Crippen LogP contribution in [0.3, 0.4) is 0 Å². The molecule has 3 rings (SSSR count). The lowest BCUT2D eigenvalue weighted by atomic mass is 10.2. The number of quaternary nitrogens is 1. The summed E-state index contributed by atoms with van der Waals surface area (Å²) < 4.78 is 10.5. The molecule has 0 aliphatic carbocycles. The number of nitrogens with one attached hydrogen (secondary N) is 1. The van der Waals surface area contributed by atoms with Gasteiger partial charge in [0.15, 0.2) is 12.3 Å². The monoisotopic (exact) mass is 399 g/mol. The summed E-state index contributed by atoms with van der Waals surface area (Å²) in [4.78, 5) is 26.1. The molecule has 0 aliphatic rings. The fourth-order valence-electron chi connectivity index (χ4n) is 2.73. The molecule has 0 bridgehead atoms. The van der Waals surface area contributed by atoms with Gasteiger partial charge in [-0.05, 0) is 37.6 Å². The molecule has 28 heavy (non-hydrogen) atoms. The molecule has 0 radical (unpaired) electrons. The molecule has 0 saturated carbocycles. The molecule has 6 nitrogen and oxygen atoms in total. The predicted molar refractivity (Wildman–Crippen MR) is 108 cm³/mol. The highest BCUT2D eigenvalue weighted by atomic mass is 32.1. The minimum Gasteiger partial charge on any atom is -0.463 e. The molecule has 0 fully saturated rings. The lowest BCUT2D eigenvalue weighted by Crippen LogP contribution is -2.86. The molecule has 146 valence electrons. The van der Waals surface area contributed by atoms with Crippen molar-refractivity contribution in [2.45, 2.75) is 19.9 Å². The number of hydrogen-bond donors (Lipinski definition) is 2. The van der Waals surface area contributed by atoms with Crippen LogP contribution in [0, 0.1) is 0 Å². The first-order valence-corrected chi connectivity index (χ1v) is 9.93. The second-order valence-corrected chi connectivity index (χ2v) is 7.28. The maximum atomic E-state index is 12.4. The van der Waals surface area contributed by atoms with Crippen LogP contribution in [0.5, 0.6) is 0 Å².